The molecule has 0 fully saturated rings. The second-order valence-electron chi connectivity index (χ2n) is 4.63. The van der Waals surface area contributed by atoms with Gasteiger partial charge in [0.2, 0.25) is 0 Å². The topological polar surface area (TPSA) is 35.2 Å². The highest BCUT2D eigenvalue weighted by Gasteiger charge is 2.08. The highest BCUT2D eigenvalue weighted by atomic mass is 35.5. The molecular formula is C15H15ClFNO. The third-order valence-corrected chi connectivity index (χ3v) is 3.12. The number of nitrogen functional groups attached to an aromatic ring is 1. The summed E-state index contributed by atoms with van der Waals surface area (Å²) in [5.41, 5.74) is 7.26. The lowest BCUT2D eigenvalue weighted by Gasteiger charge is -2.11. The van der Waals surface area contributed by atoms with Crippen LogP contribution in [-0.2, 0) is 0 Å². The zero-order valence-electron chi connectivity index (χ0n) is 10.8. The lowest BCUT2D eigenvalue weighted by molar-refractivity contribution is 0.479. The maximum Gasteiger partial charge on any atom is 0.153 e. The Morgan fingerprint density at radius 1 is 1.16 bits per heavy atom. The number of nitrogens with two attached hydrogens (primary N) is 1. The van der Waals surface area contributed by atoms with Gasteiger partial charge in [-0.2, -0.15) is 0 Å². The fraction of sp³-hybridized carbons (Fsp3) is 0.200. The second kappa shape index (κ2) is 5.49. The molecule has 0 spiro atoms. The Balaban J connectivity index is 2.24. The summed E-state index contributed by atoms with van der Waals surface area (Å²) in [5, 5.41) is -0.0139. The van der Waals surface area contributed by atoms with Gasteiger partial charge in [-0.25, -0.2) is 4.39 Å². The van der Waals surface area contributed by atoms with Gasteiger partial charge in [-0.3, -0.25) is 0 Å². The molecule has 4 heteroatoms. The molecule has 0 unspecified atom stereocenters. The highest BCUT2D eigenvalue weighted by molar-refractivity contribution is 6.31. The van der Waals surface area contributed by atoms with Gasteiger partial charge in [0, 0.05) is 6.07 Å². The number of halogens is 2. The van der Waals surface area contributed by atoms with Crippen LogP contribution >= 0.6 is 11.6 Å². The van der Waals surface area contributed by atoms with E-state index < -0.39 is 5.82 Å². The minimum absolute atomic E-state index is 0.0139. The van der Waals surface area contributed by atoms with Gasteiger partial charge in [-0.05, 0) is 29.7 Å². The van der Waals surface area contributed by atoms with E-state index in [1.165, 1.54) is 17.7 Å². The quantitative estimate of drug-likeness (QED) is 0.805. The van der Waals surface area contributed by atoms with Crippen LogP contribution in [0.5, 0.6) is 11.5 Å². The van der Waals surface area contributed by atoms with Gasteiger partial charge in [0.1, 0.15) is 11.6 Å². The van der Waals surface area contributed by atoms with Crippen LogP contribution in [0, 0.1) is 5.82 Å². The SMILES string of the molecule is CC(C)c1ccc(Oc2cc(F)c(Cl)cc2N)cc1. The molecule has 19 heavy (non-hydrogen) atoms. The van der Waals surface area contributed by atoms with Crippen molar-refractivity contribution in [3.8, 4) is 11.5 Å². The van der Waals surface area contributed by atoms with Crippen LogP contribution in [-0.4, -0.2) is 0 Å². The average molecular weight is 280 g/mol. The smallest absolute Gasteiger partial charge is 0.153 e. The zero-order valence-corrected chi connectivity index (χ0v) is 11.5. The predicted octanol–water partition coefficient (Wildman–Crippen LogP) is 4.98. The van der Waals surface area contributed by atoms with Crippen molar-refractivity contribution < 1.29 is 9.13 Å². The summed E-state index contributed by atoms with van der Waals surface area (Å²) >= 11 is 5.63. The number of ether oxygens (including phenoxy) is 1. The standard InChI is InChI=1S/C15H15ClFNO/c1-9(2)10-3-5-11(6-4-10)19-15-8-13(17)12(16)7-14(15)18/h3-9H,18H2,1-2H3. The fourth-order valence-corrected chi connectivity index (χ4v) is 1.85. The molecule has 2 nitrogen and oxygen atoms in total. The summed E-state index contributed by atoms with van der Waals surface area (Å²) in [6.45, 7) is 4.23. The van der Waals surface area contributed by atoms with E-state index in [9.17, 15) is 4.39 Å². The van der Waals surface area contributed by atoms with Crippen LogP contribution in [0.2, 0.25) is 5.02 Å². The van der Waals surface area contributed by atoms with Crippen LogP contribution in [0.25, 0.3) is 0 Å². The third kappa shape index (κ3) is 3.18. The molecule has 0 aliphatic carbocycles. The Morgan fingerprint density at radius 2 is 1.79 bits per heavy atom. The Kier molecular flexibility index (Phi) is 3.96. The number of hydrogen-bond acceptors (Lipinski definition) is 2. The van der Waals surface area contributed by atoms with Crippen molar-refractivity contribution in [2.45, 2.75) is 19.8 Å². The molecule has 2 N–H and O–H groups in total. The van der Waals surface area contributed by atoms with Gasteiger partial charge < -0.3 is 10.5 Å². The van der Waals surface area contributed by atoms with Gasteiger partial charge in [0.15, 0.2) is 5.75 Å². The summed E-state index contributed by atoms with van der Waals surface area (Å²) in [7, 11) is 0. The molecule has 0 saturated heterocycles. The van der Waals surface area contributed by atoms with E-state index in [0.29, 0.717) is 17.4 Å². The summed E-state index contributed by atoms with van der Waals surface area (Å²) in [4.78, 5) is 0. The number of anilines is 1. The molecule has 2 aromatic carbocycles. The van der Waals surface area contributed by atoms with E-state index in [2.05, 4.69) is 13.8 Å². The van der Waals surface area contributed by atoms with Crippen molar-refractivity contribution in [1.82, 2.24) is 0 Å². The van der Waals surface area contributed by atoms with Crippen molar-refractivity contribution in [3.05, 3.63) is 52.8 Å². The minimum atomic E-state index is -0.551. The van der Waals surface area contributed by atoms with E-state index in [1.54, 1.807) is 0 Å². The largest absolute Gasteiger partial charge is 0.455 e. The molecular weight excluding hydrogens is 265 g/mol. The van der Waals surface area contributed by atoms with Crippen molar-refractivity contribution in [2.75, 3.05) is 5.73 Å². The van der Waals surface area contributed by atoms with Crippen molar-refractivity contribution >= 4 is 17.3 Å². The van der Waals surface area contributed by atoms with Gasteiger partial charge in [-0.1, -0.05) is 37.6 Å². The van der Waals surface area contributed by atoms with Crippen LogP contribution in [0.15, 0.2) is 36.4 Å². The molecule has 0 radical (unpaired) electrons. The number of hydrogen-bond donors (Lipinski definition) is 1. The molecule has 0 bridgehead atoms. The van der Waals surface area contributed by atoms with E-state index in [0.717, 1.165) is 0 Å². The molecule has 0 aromatic heterocycles. The first-order valence-corrected chi connectivity index (χ1v) is 6.37. The van der Waals surface area contributed by atoms with Crippen molar-refractivity contribution in [2.24, 2.45) is 0 Å². The van der Waals surface area contributed by atoms with Crippen LogP contribution in [0.4, 0.5) is 10.1 Å². The molecule has 0 saturated carbocycles. The first-order valence-electron chi connectivity index (χ1n) is 5.99. The second-order valence-corrected chi connectivity index (χ2v) is 5.04. The average Bonchev–Trinajstić information content (AvgIpc) is 2.36. The number of benzene rings is 2. The maximum absolute atomic E-state index is 13.4. The Morgan fingerprint density at radius 3 is 2.37 bits per heavy atom. The lowest BCUT2D eigenvalue weighted by Crippen LogP contribution is -1.94. The normalized spacial score (nSPS) is 10.8. The Labute approximate surface area is 117 Å². The van der Waals surface area contributed by atoms with Crippen LogP contribution < -0.4 is 10.5 Å². The first-order chi connectivity index (χ1) is 8.97. The van der Waals surface area contributed by atoms with E-state index in [1.807, 2.05) is 24.3 Å². The molecule has 2 rings (SSSR count). The summed E-state index contributed by atoms with van der Waals surface area (Å²) in [5.74, 6) is 0.772. The van der Waals surface area contributed by atoms with E-state index in [-0.39, 0.29) is 10.8 Å². The van der Waals surface area contributed by atoms with Gasteiger partial charge in [0.05, 0.1) is 10.7 Å². The van der Waals surface area contributed by atoms with Gasteiger partial charge in [0.25, 0.3) is 0 Å². The number of rotatable bonds is 3. The minimum Gasteiger partial charge on any atom is -0.455 e. The molecule has 0 aliphatic heterocycles. The molecule has 0 amide bonds. The summed E-state index contributed by atoms with van der Waals surface area (Å²) < 4.78 is 18.9. The molecule has 0 atom stereocenters. The third-order valence-electron chi connectivity index (χ3n) is 2.83. The van der Waals surface area contributed by atoms with Crippen LogP contribution in [0.3, 0.4) is 0 Å². The van der Waals surface area contributed by atoms with E-state index in [4.69, 9.17) is 22.1 Å². The Bertz CT molecular complexity index is 581. The first kappa shape index (κ1) is 13.7. The van der Waals surface area contributed by atoms with Gasteiger partial charge in [-0.15, -0.1) is 0 Å². The van der Waals surface area contributed by atoms with Crippen molar-refractivity contribution in [3.63, 3.8) is 0 Å². The lowest BCUT2D eigenvalue weighted by atomic mass is 10.0. The van der Waals surface area contributed by atoms with Gasteiger partial charge >= 0.3 is 0 Å². The highest BCUT2D eigenvalue weighted by Crippen LogP contribution is 2.32. The fourth-order valence-electron chi connectivity index (χ4n) is 1.68. The summed E-state index contributed by atoms with van der Waals surface area (Å²) in [6, 6.07) is 10.1. The maximum atomic E-state index is 13.4. The monoisotopic (exact) mass is 279 g/mol. The summed E-state index contributed by atoms with van der Waals surface area (Å²) in [6.07, 6.45) is 0. The molecule has 0 heterocycles. The Hall–Kier alpha value is -1.74. The van der Waals surface area contributed by atoms with Crippen LogP contribution in [0.1, 0.15) is 25.3 Å². The van der Waals surface area contributed by atoms with E-state index >= 15 is 0 Å². The zero-order chi connectivity index (χ0) is 14.0. The molecule has 100 valence electrons. The van der Waals surface area contributed by atoms with Crippen molar-refractivity contribution in [1.29, 1.82) is 0 Å². The molecule has 0 aliphatic rings. The molecule has 2 aromatic rings. The predicted molar refractivity (Wildman–Crippen MR) is 76.4 cm³/mol.